The largest absolute Gasteiger partial charge is 0.389 e. The molecule has 0 saturated heterocycles. The number of rotatable bonds is 6. The van der Waals surface area contributed by atoms with Gasteiger partial charge in [0.05, 0.1) is 11.6 Å². The fraction of sp³-hybridized carbons (Fsp3) is 0.300. The summed E-state index contributed by atoms with van der Waals surface area (Å²) in [6.07, 6.45) is 0. The molecule has 18 heavy (non-hydrogen) atoms. The predicted octanol–water partition coefficient (Wildman–Crippen LogP) is 0.899. The predicted molar refractivity (Wildman–Crippen MR) is 74.4 cm³/mol. The first-order chi connectivity index (χ1) is 8.38. The quantitative estimate of drug-likeness (QED) is 0.603. The Morgan fingerprint density at radius 2 is 2.22 bits per heavy atom. The van der Waals surface area contributed by atoms with Gasteiger partial charge in [-0.2, -0.15) is 0 Å². The van der Waals surface area contributed by atoms with Gasteiger partial charge in [0.15, 0.2) is 0 Å². The lowest BCUT2D eigenvalue weighted by atomic mass is 10.2. The van der Waals surface area contributed by atoms with Crippen LogP contribution in [0, 0.1) is 0 Å². The van der Waals surface area contributed by atoms with Crippen LogP contribution < -0.4 is 10.5 Å². The summed E-state index contributed by atoms with van der Waals surface area (Å²) in [5.74, 6) is 0. The molecule has 0 spiro atoms. The van der Waals surface area contributed by atoms with E-state index in [2.05, 4.69) is 4.72 Å². The van der Waals surface area contributed by atoms with Crippen molar-refractivity contribution < 1.29 is 13.2 Å². The molecular formula is C10H13ClN2O3S2. The lowest BCUT2D eigenvalue weighted by molar-refractivity contribution is 0.204. The van der Waals surface area contributed by atoms with Crippen LogP contribution in [0.15, 0.2) is 23.1 Å². The molecule has 8 heteroatoms. The van der Waals surface area contributed by atoms with Crippen LogP contribution >= 0.6 is 23.8 Å². The van der Waals surface area contributed by atoms with E-state index in [1.54, 1.807) is 0 Å². The Kier molecular flexibility index (Phi) is 5.48. The molecule has 0 atom stereocenters. The molecule has 0 fully saturated rings. The third-order valence-electron chi connectivity index (χ3n) is 2.10. The number of hydrogen-bond donors (Lipinski definition) is 2. The molecule has 0 amide bonds. The van der Waals surface area contributed by atoms with Gasteiger partial charge in [0.25, 0.3) is 0 Å². The second-order valence-corrected chi connectivity index (χ2v) is 5.98. The van der Waals surface area contributed by atoms with Crippen molar-refractivity contribution in [2.45, 2.75) is 4.90 Å². The average molecular weight is 309 g/mol. The molecule has 0 bridgehead atoms. The molecule has 0 unspecified atom stereocenters. The summed E-state index contributed by atoms with van der Waals surface area (Å²) in [6.45, 7) is 0.452. The zero-order chi connectivity index (χ0) is 13.8. The molecule has 1 aromatic carbocycles. The van der Waals surface area contributed by atoms with Gasteiger partial charge in [0.2, 0.25) is 10.0 Å². The van der Waals surface area contributed by atoms with Crippen molar-refractivity contribution in [3.8, 4) is 0 Å². The summed E-state index contributed by atoms with van der Waals surface area (Å²) in [4.78, 5) is 0.147. The standard InChI is InChI=1S/C10H13ClN2O3S2/c1-16-5-4-13-18(14,15)9-3-2-7(10(12)17)6-8(9)11/h2-3,6,13H,4-5H2,1H3,(H2,12,17). The number of nitrogens with one attached hydrogen (secondary N) is 1. The highest BCUT2D eigenvalue weighted by Gasteiger charge is 2.17. The Labute approximate surface area is 116 Å². The Bertz CT molecular complexity index is 546. The minimum atomic E-state index is -3.65. The van der Waals surface area contributed by atoms with Crippen LogP contribution in [0.4, 0.5) is 0 Å². The highest BCUT2D eigenvalue weighted by molar-refractivity contribution is 7.89. The summed E-state index contributed by atoms with van der Waals surface area (Å²) >= 11 is 10.7. The van der Waals surface area contributed by atoms with Gasteiger partial charge >= 0.3 is 0 Å². The van der Waals surface area contributed by atoms with Crippen LogP contribution in [0.3, 0.4) is 0 Å². The van der Waals surface area contributed by atoms with Gasteiger partial charge in [-0.05, 0) is 12.1 Å². The number of benzene rings is 1. The van der Waals surface area contributed by atoms with E-state index >= 15 is 0 Å². The van der Waals surface area contributed by atoms with Crippen molar-refractivity contribution in [3.63, 3.8) is 0 Å². The number of methoxy groups -OCH3 is 1. The molecule has 0 aromatic heterocycles. The van der Waals surface area contributed by atoms with Crippen molar-refractivity contribution in [2.24, 2.45) is 5.73 Å². The highest BCUT2D eigenvalue weighted by Crippen LogP contribution is 2.22. The molecular weight excluding hydrogens is 296 g/mol. The van der Waals surface area contributed by atoms with Crippen molar-refractivity contribution in [2.75, 3.05) is 20.3 Å². The number of thiocarbonyl (C=S) groups is 1. The Morgan fingerprint density at radius 3 is 2.72 bits per heavy atom. The van der Waals surface area contributed by atoms with Crippen LogP contribution in [0.1, 0.15) is 5.56 Å². The number of ether oxygens (including phenoxy) is 1. The molecule has 3 N–H and O–H groups in total. The Balaban J connectivity index is 2.99. The summed E-state index contributed by atoms with van der Waals surface area (Å²) < 4.78 is 30.9. The van der Waals surface area contributed by atoms with Gasteiger partial charge in [0.1, 0.15) is 9.88 Å². The second kappa shape index (κ2) is 6.44. The monoisotopic (exact) mass is 308 g/mol. The van der Waals surface area contributed by atoms with Crippen molar-refractivity contribution >= 4 is 38.8 Å². The van der Waals surface area contributed by atoms with Crippen molar-refractivity contribution in [3.05, 3.63) is 28.8 Å². The number of nitrogens with two attached hydrogens (primary N) is 1. The molecule has 1 rings (SSSR count). The van der Waals surface area contributed by atoms with Crippen molar-refractivity contribution in [1.29, 1.82) is 0 Å². The van der Waals surface area contributed by atoms with E-state index in [9.17, 15) is 8.42 Å². The minimum absolute atomic E-state index is 0.0136. The summed E-state index contributed by atoms with van der Waals surface area (Å²) in [7, 11) is -2.17. The first kappa shape index (κ1) is 15.3. The number of halogens is 1. The average Bonchev–Trinajstić information content (AvgIpc) is 2.28. The van der Waals surface area contributed by atoms with E-state index in [0.29, 0.717) is 5.56 Å². The highest BCUT2D eigenvalue weighted by atomic mass is 35.5. The van der Waals surface area contributed by atoms with Gasteiger partial charge in [0, 0.05) is 19.2 Å². The lowest BCUT2D eigenvalue weighted by Gasteiger charge is -2.09. The maximum Gasteiger partial charge on any atom is 0.242 e. The van der Waals surface area contributed by atoms with Gasteiger partial charge in [-0.25, -0.2) is 13.1 Å². The normalized spacial score (nSPS) is 11.4. The fourth-order valence-corrected chi connectivity index (χ4v) is 2.91. The fourth-order valence-electron chi connectivity index (χ4n) is 1.23. The van der Waals surface area contributed by atoms with Gasteiger partial charge in [-0.3, -0.25) is 0 Å². The van der Waals surface area contributed by atoms with Gasteiger partial charge in [-0.1, -0.05) is 29.9 Å². The van der Waals surface area contributed by atoms with E-state index in [1.165, 1.54) is 25.3 Å². The van der Waals surface area contributed by atoms with Crippen LogP contribution in [-0.4, -0.2) is 33.7 Å². The summed E-state index contributed by atoms with van der Waals surface area (Å²) in [5, 5.41) is 0.0743. The SMILES string of the molecule is COCCNS(=O)(=O)c1ccc(C(N)=S)cc1Cl. The Hall–Kier alpha value is -0.730. The van der Waals surface area contributed by atoms with Gasteiger partial charge < -0.3 is 10.5 Å². The number of hydrogen-bond acceptors (Lipinski definition) is 4. The number of sulfonamides is 1. The van der Waals surface area contributed by atoms with Crippen LogP contribution in [0.25, 0.3) is 0 Å². The van der Waals surface area contributed by atoms with Gasteiger partial charge in [-0.15, -0.1) is 0 Å². The van der Waals surface area contributed by atoms with E-state index in [4.69, 9.17) is 34.3 Å². The molecule has 0 aliphatic rings. The molecule has 0 heterocycles. The maximum atomic E-state index is 11.9. The molecule has 1 aromatic rings. The third kappa shape index (κ3) is 3.89. The van der Waals surface area contributed by atoms with Crippen LogP contribution in [-0.2, 0) is 14.8 Å². The first-order valence-corrected chi connectivity index (χ1v) is 7.23. The smallest absolute Gasteiger partial charge is 0.242 e. The lowest BCUT2D eigenvalue weighted by Crippen LogP contribution is -2.27. The minimum Gasteiger partial charge on any atom is -0.389 e. The molecule has 0 radical (unpaired) electrons. The van der Waals surface area contributed by atoms with Crippen LogP contribution in [0.5, 0.6) is 0 Å². The molecule has 100 valence electrons. The molecule has 0 saturated carbocycles. The third-order valence-corrected chi connectivity index (χ3v) is 4.28. The first-order valence-electron chi connectivity index (χ1n) is 4.96. The maximum absolute atomic E-state index is 11.9. The van der Waals surface area contributed by atoms with E-state index in [-0.39, 0.29) is 28.1 Å². The van der Waals surface area contributed by atoms with E-state index in [1.807, 2.05) is 0 Å². The van der Waals surface area contributed by atoms with E-state index < -0.39 is 10.0 Å². The second-order valence-electron chi connectivity index (χ2n) is 3.40. The van der Waals surface area contributed by atoms with Crippen LogP contribution in [0.2, 0.25) is 5.02 Å². The Morgan fingerprint density at radius 1 is 1.56 bits per heavy atom. The molecule has 0 aliphatic carbocycles. The van der Waals surface area contributed by atoms with E-state index in [0.717, 1.165) is 0 Å². The molecule has 5 nitrogen and oxygen atoms in total. The zero-order valence-electron chi connectivity index (χ0n) is 9.64. The zero-order valence-corrected chi connectivity index (χ0v) is 12.0. The molecule has 0 aliphatic heterocycles. The summed E-state index contributed by atoms with van der Waals surface area (Å²) in [5.41, 5.74) is 5.95. The van der Waals surface area contributed by atoms with Crippen molar-refractivity contribution in [1.82, 2.24) is 4.72 Å². The summed E-state index contributed by atoms with van der Waals surface area (Å²) in [6, 6.07) is 4.31. The topological polar surface area (TPSA) is 81.4 Å².